The van der Waals surface area contributed by atoms with E-state index in [1.807, 2.05) is 25.2 Å². The number of nitrogens with zero attached hydrogens (tertiary/aromatic N) is 4. The molecule has 27 heavy (non-hydrogen) atoms. The van der Waals surface area contributed by atoms with Crippen LogP contribution in [0.1, 0.15) is 5.56 Å². The lowest BCUT2D eigenvalue weighted by Crippen LogP contribution is -2.16. The summed E-state index contributed by atoms with van der Waals surface area (Å²) in [5, 5.41) is 12.9. The third-order valence-corrected chi connectivity index (χ3v) is 5.94. The summed E-state index contributed by atoms with van der Waals surface area (Å²) in [6, 6.07) is 7.38. The van der Waals surface area contributed by atoms with Crippen LogP contribution in [0.25, 0.3) is 11.4 Å². The zero-order valence-corrected chi connectivity index (χ0v) is 17.4. The predicted molar refractivity (Wildman–Crippen MR) is 110 cm³/mol. The number of carbonyl (C=O) groups excluding carboxylic acids is 1. The third-order valence-electron chi connectivity index (χ3n) is 3.74. The van der Waals surface area contributed by atoms with Crippen molar-refractivity contribution in [3.8, 4) is 11.4 Å². The van der Waals surface area contributed by atoms with E-state index in [1.165, 1.54) is 18.0 Å². The van der Waals surface area contributed by atoms with Crippen LogP contribution >= 0.6 is 46.6 Å². The smallest absolute Gasteiger partial charge is 0.236 e. The number of carbonyl (C=O) groups is 1. The predicted octanol–water partition coefficient (Wildman–Crippen LogP) is 4.88. The fraction of sp³-hybridized carbons (Fsp3) is 0.176. The summed E-state index contributed by atoms with van der Waals surface area (Å²) in [6.07, 6.45) is 1.45. The van der Waals surface area contributed by atoms with Gasteiger partial charge in [0.2, 0.25) is 5.91 Å². The highest BCUT2D eigenvalue weighted by atomic mass is 35.5. The maximum atomic E-state index is 12.2. The van der Waals surface area contributed by atoms with E-state index in [0.717, 1.165) is 5.56 Å². The minimum Gasteiger partial charge on any atom is -0.309 e. The van der Waals surface area contributed by atoms with Gasteiger partial charge in [0.25, 0.3) is 0 Å². The molecule has 0 aliphatic heterocycles. The zero-order valence-electron chi connectivity index (χ0n) is 14.3. The molecule has 0 fully saturated rings. The maximum Gasteiger partial charge on any atom is 0.236 e. The van der Waals surface area contributed by atoms with E-state index in [4.69, 9.17) is 34.8 Å². The number of pyridine rings is 1. The molecule has 3 aromatic rings. The van der Waals surface area contributed by atoms with Gasteiger partial charge in [0, 0.05) is 18.8 Å². The summed E-state index contributed by atoms with van der Waals surface area (Å²) in [6.45, 7) is 1.76. The standard InChI is InChI=1S/C17H14Cl3N5OS/c1-9-12(19)7-21-15(14(9)20)22-13(26)8-27-17-24-23-16(25(17)2)10-5-3-4-6-11(10)18/h3-7H,8H2,1-2H3,(H,21,22,26). The van der Waals surface area contributed by atoms with E-state index in [1.54, 1.807) is 17.6 Å². The van der Waals surface area contributed by atoms with E-state index < -0.39 is 0 Å². The highest BCUT2D eigenvalue weighted by Crippen LogP contribution is 2.30. The van der Waals surface area contributed by atoms with E-state index in [0.29, 0.717) is 31.6 Å². The summed E-state index contributed by atoms with van der Waals surface area (Å²) in [7, 11) is 1.82. The average Bonchev–Trinajstić information content (AvgIpc) is 3.01. The molecule has 0 saturated heterocycles. The molecule has 3 rings (SSSR count). The Morgan fingerprint density at radius 2 is 1.93 bits per heavy atom. The Kier molecular flexibility index (Phi) is 6.26. The highest BCUT2D eigenvalue weighted by molar-refractivity contribution is 7.99. The summed E-state index contributed by atoms with van der Waals surface area (Å²) in [5.74, 6) is 0.757. The fourth-order valence-electron chi connectivity index (χ4n) is 2.26. The molecule has 0 aliphatic carbocycles. The average molecular weight is 443 g/mol. The summed E-state index contributed by atoms with van der Waals surface area (Å²) >= 11 is 19.6. The van der Waals surface area contributed by atoms with Crippen LogP contribution in [-0.2, 0) is 11.8 Å². The lowest BCUT2D eigenvalue weighted by Gasteiger charge is -2.09. The van der Waals surface area contributed by atoms with Crippen LogP contribution in [0.5, 0.6) is 0 Å². The van der Waals surface area contributed by atoms with E-state index in [2.05, 4.69) is 20.5 Å². The molecule has 0 saturated carbocycles. The molecule has 0 bridgehead atoms. The third kappa shape index (κ3) is 4.38. The van der Waals surface area contributed by atoms with Crippen molar-refractivity contribution in [2.75, 3.05) is 11.1 Å². The molecule has 2 aromatic heterocycles. The number of hydrogen-bond acceptors (Lipinski definition) is 5. The Bertz CT molecular complexity index is 1010. The van der Waals surface area contributed by atoms with Crippen molar-refractivity contribution in [2.24, 2.45) is 7.05 Å². The number of rotatable bonds is 5. The molecule has 1 N–H and O–H groups in total. The molecule has 0 unspecified atom stereocenters. The molecule has 1 aromatic carbocycles. The number of anilines is 1. The van der Waals surface area contributed by atoms with Crippen molar-refractivity contribution in [1.82, 2.24) is 19.7 Å². The van der Waals surface area contributed by atoms with Gasteiger partial charge in [-0.05, 0) is 24.6 Å². The minimum atomic E-state index is -0.265. The van der Waals surface area contributed by atoms with Crippen molar-refractivity contribution < 1.29 is 4.79 Å². The molecule has 0 radical (unpaired) electrons. The second-order valence-electron chi connectivity index (χ2n) is 5.58. The fourth-order valence-corrected chi connectivity index (χ4v) is 3.58. The number of hydrogen-bond donors (Lipinski definition) is 1. The molecule has 0 aliphatic rings. The number of nitrogens with one attached hydrogen (secondary N) is 1. The van der Waals surface area contributed by atoms with E-state index in [9.17, 15) is 4.79 Å². The number of amides is 1. The second kappa shape index (κ2) is 8.48. The van der Waals surface area contributed by atoms with Crippen molar-refractivity contribution in [2.45, 2.75) is 12.1 Å². The Morgan fingerprint density at radius 1 is 1.19 bits per heavy atom. The molecule has 0 spiro atoms. The minimum absolute atomic E-state index is 0.119. The van der Waals surface area contributed by atoms with Gasteiger partial charge >= 0.3 is 0 Å². The van der Waals surface area contributed by atoms with Crippen LogP contribution in [0, 0.1) is 6.92 Å². The second-order valence-corrected chi connectivity index (χ2v) is 7.71. The lowest BCUT2D eigenvalue weighted by molar-refractivity contribution is -0.113. The van der Waals surface area contributed by atoms with E-state index >= 15 is 0 Å². The summed E-state index contributed by atoms with van der Waals surface area (Å²) in [5.41, 5.74) is 1.44. The SMILES string of the molecule is Cc1c(Cl)cnc(NC(=O)CSc2nnc(-c3ccccc3Cl)n2C)c1Cl. The molecular weight excluding hydrogens is 429 g/mol. The molecule has 10 heteroatoms. The first-order chi connectivity index (χ1) is 12.9. The summed E-state index contributed by atoms with van der Waals surface area (Å²) in [4.78, 5) is 16.3. The quantitative estimate of drug-likeness (QED) is 0.570. The molecule has 140 valence electrons. The van der Waals surface area contributed by atoms with Gasteiger partial charge in [0.05, 0.1) is 20.8 Å². The van der Waals surface area contributed by atoms with Crippen LogP contribution in [0.15, 0.2) is 35.6 Å². The van der Waals surface area contributed by atoms with Gasteiger partial charge in [0.15, 0.2) is 16.8 Å². The van der Waals surface area contributed by atoms with E-state index in [-0.39, 0.29) is 17.5 Å². The highest BCUT2D eigenvalue weighted by Gasteiger charge is 2.16. The Hall–Kier alpha value is -1.80. The zero-order chi connectivity index (χ0) is 19.6. The molecule has 2 heterocycles. The normalized spacial score (nSPS) is 10.9. The molecule has 0 atom stereocenters. The lowest BCUT2D eigenvalue weighted by atomic mass is 10.2. The first-order valence-corrected chi connectivity index (χ1v) is 9.88. The van der Waals surface area contributed by atoms with Crippen LogP contribution in [0.2, 0.25) is 15.1 Å². The first-order valence-electron chi connectivity index (χ1n) is 7.76. The summed E-state index contributed by atoms with van der Waals surface area (Å²) < 4.78 is 1.79. The maximum absolute atomic E-state index is 12.2. The van der Waals surface area contributed by atoms with Crippen molar-refractivity contribution in [3.63, 3.8) is 0 Å². The topological polar surface area (TPSA) is 72.7 Å². The molecular formula is C17H14Cl3N5OS. The van der Waals surface area contributed by atoms with Crippen LogP contribution < -0.4 is 5.32 Å². The van der Waals surface area contributed by atoms with Crippen molar-refractivity contribution in [3.05, 3.63) is 51.1 Å². The van der Waals surface area contributed by atoms with Crippen molar-refractivity contribution >= 4 is 58.3 Å². The van der Waals surface area contributed by atoms with Gasteiger partial charge in [-0.25, -0.2) is 4.98 Å². The van der Waals surface area contributed by atoms with Crippen molar-refractivity contribution in [1.29, 1.82) is 0 Å². The Morgan fingerprint density at radius 3 is 2.67 bits per heavy atom. The van der Waals surface area contributed by atoms with Gasteiger partial charge < -0.3 is 9.88 Å². The van der Waals surface area contributed by atoms with Gasteiger partial charge in [-0.2, -0.15) is 0 Å². The Balaban J connectivity index is 1.68. The van der Waals surface area contributed by atoms with Crippen LogP contribution in [0.4, 0.5) is 5.82 Å². The number of halogens is 3. The molecule has 1 amide bonds. The molecule has 6 nitrogen and oxygen atoms in total. The van der Waals surface area contributed by atoms with Gasteiger partial charge in [-0.3, -0.25) is 4.79 Å². The number of aromatic nitrogens is 4. The van der Waals surface area contributed by atoms with Crippen LogP contribution in [-0.4, -0.2) is 31.4 Å². The largest absolute Gasteiger partial charge is 0.309 e. The first kappa shape index (κ1) is 19.9. The Labute approximate surface area is 175 Å². The van der Waals surface area contributed by atoms with Crippen LogP contribution in [0.3, 0.4) is 0 Å². The van der Waals surface area contributed by atoms with Gasteiger partial charge in [-0.15, -0.1) is 10.2 Å². The van der Waals surface area contributed by atoms with Gasteiger partial charge in [0.1, 0.15) is 0 Å². The van der Waals surface area contributed by atoms with Gasteiger partial charge in [-0.1, -0.05) is 58.7 Å². The monoisotopic (exact) mass is 441 g/mol. The number of thioether (sulfide) groups is 1. The number of benzene rings is 1.